The second-order valence-corrected chi connectivity index (χ2v) is 4.31. The molecular formula is C10H14N2O2. The Morgan fingerprint density at radius 2 is 2.14 bits per heavy atom. The number of aromatic nitrogens is 2. The molecule has 1 aromatic heterocycles. The number of hydrogen-bond acceptors (Lipinski definition) is 4. The van der Waals surface area contributed by atoms with Gasteiger partial charge in [0.05, 0.1) is 6.61 Å². The van der Waals surface area contributed by atoms with E-state index in [0.717, 1.165) is 17.7 Å². The van der Waals surface area contributed by atoms with Gasteiger partial charge in [0.15, 0.2) is 5.82 Å². The fourth-order valence-electron chi connectivity index (χ4n) is 2.79. The molecule has 2 fully saturated rings. The maximum Gasteiger partial charge on any atom is 0.230 e. The van der Waals surface area contributed by atoms with E-state index in [1.54, 1.807) is 0 Å². The van der Waals surface area contributed by atoms with E-state index < -0.39 is 0 Å². The van der Waals surface area contributed by atoms with Crippen LogP contribution in [-0.4, -0.2) is 21.9 Å². The van der Waals surface area contributed by atoms with Crippen LogP contribution >= 0.6 is 0 Å². The van der Waals surface area contributed by atoms with Crippen LogP contribution in [0.5, 0.6) is 0 Å². The lowest BCUT2D eigenvalue weighted by molar-refractivity contribution is 0.292. The van der Waals surface area contributed by atoms with E-state index in [1.165, 1.54) is 19.3 Å². The smallest absolute Gasteiger partial charge is 0.230 e. The summed E-state index contributed by atoms with van der Waals surface area (Å²) in [4.78, 5) is 4.31. The maximum atomic E-state index is 8.72. The van der Waals surface area contributed by atoms with Crippen molar-refractivity contribution in [2.45, 2.75) is 31.6 Å². The molecule has 0 bridgehead atoms. The average Bonchev–Trinajstić information content (AvgIpc) is 2.63. The van der Waals surface area contributed by atoms with E-state index in [9.17, 15) is 0 Å². The molecule has 4 nitrogen and oxygen atoms in total. The van der Waals surface area contributed by atoms with Crippen molar-refractivity contribution in [3.63, 3.8) is 0 Å². The molecule has 0 amide bonds. The number of aliphatic hydroxyl groups is 1. The Kier molecular flexibility index (Phi) is 1.83. The lowest BCUT2D eigenvalue weighted by atomic mass is 10.1. The van der Waals surface area contributed by atoms with E-state index in [-0.39, 0.29) is 6.61 Å². The lowest BCUT2D eigenvalue weighted by Gasteiger charge is -1.94. The van der Waals surface area contributed by atoms with Gasteiger partial charge < -0.3 is 9.63 Å². The first-order chi connectivity index (χ1) is 6.90. The largest absolute Gasteiger partial charge is 0.396 e. The minimum absolute atomic E-state index is 0.0937. The number of fused-ring (bicyclic) bond motifs is 1. The molecule has 14 heavy (non-hydrogen) atoms. The predicted molar refractivity (Wildman–Crippen MR) is 48.7 cm³/mol. The first-order valence-electron chi connectivity index (χ1n) is 5.33. The van der Waals surface area contributed by atoms with Crippen LogP contribution in [0.25, 0.3) is 0 Å². The lowest BCUT2D eigenvalue weighted by Crippen LogP contribution is -1.93. The van der Waals surface area contributed by atoms with E-state index >= 15 is 0 Å². The summed E-state index contributed by atoms with van der Waals surface area (Å²) in [7, 11) is 0. The molecule has 0 radical (unpaired) electrons. The third-order valence-electron chi connectivity index (χ3n) is 3.51. The Hall–Kier alpha value is -0.900. The van der Waals surface area contributed by atoms with Gasteiger partial charge in [-0.25, -0.2) is 0 Å². The van der Waals surface area contributed by atoms with Crippen LogP contribution in [0.1, 0.15) is 36.9 Å². The molecule has 1 aromatic rings. The molecular weight excluding hydrogens is 180 g/mol. The van der Waals surface area contributed by atoms with Gasteiger partial charge in [-0.2, -0.15) is 4.98 Å². The average molecular weight is 194 g/mol. The highest BCUT2D eigenvalue weighted by Gasteiger charge is 2.56. The fourth-order valence-corrected chi connectivity index (χ4v) is 2.79. The Morgan fingerprint density at radius 3 is 2.86 bits per heavy atom. The molecule has 0 aliphatic heterocycles. The van der Waals surface area contributed by atoms with Gasteiger partial charge in [-0.3, -0.25) is 0 Å². The van der Waals surface area contributed by atoms with Crippen molar-refractivity contribution in [3.8, 4) is 0 Å². The number of rotatable bonds is 3. The fraction of sp³-hybridized carbons (Fsp3) is 0.800. The molecule has 1 heterocycles. The monoisotopic (exact) mass is 194 g/mol. The van der Waals surface area contributed by atoms with Crippen LogP contribution in [0.2, 0.25) is 0 Å². The molecule has 1 N–H and O–H groups in total. The van der Waals surface area contributed by atoms with E-state index in [4.69, 9.17) is 9.63 Å². The highest BCUT2D eigenvalue weighted by Crippen LogP contribution is 2.62. The van der Waals surface area contributed by atoms with Gasteiger partial charge in [0, 0.05) is 12.3 Å². The molecule has 3 rings (SSSR count). The van der Waals surface area contributed by atoms with Gasteiger partial charge in [0.2, 0.25) is 5.89 Å². The van der Waals surface area contributed by atoms with Crippen molar-refractivity contribution in [1.82, 2.24) is 10.1 Å². The number of nitrogens with zero attached hydrogens (tertiary/aromatic N) is 2. The Labute approximate surface area is 82.3 Å². The summed E-state index contributed by atoms with van der Waals surface area (Å²) in [6.07, 6.45) is 4.52. The summed E-state index contributed by atoms with van der Waals surface area (Å²) in [6.45, 7) is 0.0937. The minimum atomic E-state index is 0.0937. The summed E-state index contributed by atoms with van der Waals surface area (Å²) in [6, 6.07) is 0. The molecule has 2 saturated carbocycles. The van der Waals surface area contributed by atoms with Gasteiger partial charge >= 0.3 is 0 Å². The summed E-state index contributed by atoms with van der Waals surface area (Å²) in [5.41, 5.74) is 0. The molecule has 2 unspecified atom stereocenters. The highest BCUT2D eigenvalue weighted by atomic mass is 16.5. The summed E-state index contributed by atoms with van der Waals surface area (Å²) in [5, 5.41) is 12.6. The van der Waals surface area contributed by atoms with Crippen LogP contribution < -0.4 is 0 Å². The van der Waals surface area contributed by atoms with E-state index in [1.807, 2.05) is 0 Å². The second-order valence-electron chi connectivity index (χ2n) is 4.31. The number of aliphatic hydroxyl groups excluding tert-OH is 1. The zero-order valence-electron chi connectivity index (χ0n) is 8.02. The van der Waals surface area contributed by atoms with Crippen LogP contribution in [0, 0.1) is 11.8 Å². The standard InChI is InChI=1S/C10H14N2O2/c13-5-4-8-11-10(14-12-8)9-6-2-1-3-7(6)9/h6-7,9,13H,1-5H2. The molecule has 4 heteroatoms. The third-order valence-corrected chi connectivity index (χ3v) is 3.51. The van der Waals surface area contributed by atoms with Crippen LogP contribution in [0.15, 0.2) is 4.52 Å². The molecule has 2 aliphatic carbocycles. The first-order valence-corrected chi connectivity index (χ1v) is 5.33. The Balaban J connectivity index is 1.72. The number of hydrogen-bond donors (Lipinski definition) is 1. The molecule has 0 spiro atoms. The predicted octanol–water partition coefficient (Wildman–Crippen LogP) is 1.12. The van der Waals surface area contributed by atoms with Crippen molar-refractivity contribution >= 4 is 0 Å². The van der Waals surface area contributed by atoms with Gasteiger partial charge in [0.25, 0.3) is 0 Å². The van der Waals surface area contributed by atoms with Gasteiger partial charge in [-0.05, 0) is 24.7 Å². The molecule has 2 atom stereocenters. The molecule has 2 aliphatic rings. The zero-order chi connectivity index (χ0) is 9.54. The van der Waals surface area contributed by atoms with Gasteiger partial charge in [0.1, 0.15) is 0 Å². The highest BCUT2D eigenvalue weighted by molar-refractivity contribution is 5.15. The first kappa shape index (κ1) is 8.41. The summed E-state index contributed by atoms with van der Waals surface area (Å²) in [5.74, 6) is 3.63. The van der Waals surface area contributed by atoms with Crippen LogP contribution in [0.4, 0.5) is 0 Å². The quantitative estimate of drug-likeness (QED) is 0.783. The van der Waals surface area contributed by atoms with Gasteiger partial charge in [-0.1, -0.05) is 11.6 Å². The molecule has 76 valence electrons. The SMILES string of the molecule is OCCc1noc(C2C3CCCC32)n1. The summed E-state index contributed by atoms with van der Waals surface area (Å²) >= 11 is 0. The third kappa shape index (κ3) is 1.17. The second kappa shape index (κ2) is 3.05. The van der Waals surface area contributed by atoms with E-state index in [2.05, 4.69) is 10.1 Å². The van der Waals surface area contributed by atoms with Crippen LogP contribution in [-0.2, 0) is 6.42 Å². The van der Waals surface area contributed by atoms with E-state index in [0.29, 0.717) is 18.2 Å². The maximum absolute atomic E-state index is 8.72. The van der Waals surface area contributed by atoms with Crippen molar-refractivity contribution in [2.24, 2.45) is 11.8 Å². The minimum Gasteiger partial charge on any atom is -0.396 e. The topological polar surface area (TPSA) is 59.2 Å². The Bertz CT molecular complexity index is 327. The van der Waals surface area contributed by atoms with Crippen molar-refractivity contribution in [3.05, 3.63) is 11.7 Å². The summed E-state index contributed by atoms with van der Waals surface area (Å²) < 4.78 is 5.21. The van der Waals surface area contributed by atoms with Crippen molar-refractivity contribution < 1.29 is 9.63 Å². The normalized spacial score (nSPS) is 34.5. The molecule has 0 saturated heterocycles. The Morgan fingerprint density at radius 1 is 1.36 bits per heavy atom. The van der Waals surface area contributed by atoms with Crippen molar-refractivity contribution in [1.29, 1.82) is 0 Å². The van der Waals surface area contributed by atoms with Gasteiger partial charge in [-0.15, -0.1) is 0 Å². The van der Waals surface area contributed by atoms with Crippen LogP contribution in [0.3, 0.4) is 0 Å². The zero-order valence-corrected chi connectivity index (χ0v) is 8.02. The van der Waals surface area contributed by atoms with Crippen molar-refractivity contribution in [2.75, 3.05) is 6.61 Å². The molecule has 0 aromatic carbocycles.